The van der Waals surface area contributed by atoms with Crippen molar-refractivity contribution in [2.75, 3.05) is 0 Å². The third-order valence-corrected chi connectivity index (χ3v) is 13.7. The average Bonchev–Trinajstić information content (AvgIpc) is 2.80. The number of benzene rings is 1. The molecule has 0 aliphatic heterocycles. The molecule has 0 radical (unpaired) electrons. The third-order valence-electron chi connectivity index (χ3n) is 6.88. The molecule has 0 saturated heterocycles. The van der Waals surface area contributed by atoms with Crippen LogP contribution in [0.5, 0.6) is 0 Å². The zero-order valence-electron chi connectivity index (χ0n) is 18.6. The second-order valence-electron chi connectivity index (χ2n) is 7.73. The maximum Gasteiger partial charge on any atom is 4.00 e. The Kier molecular flexibility index (Phi) is 16.1. The summed E-state index contributed by atoms with van der Waals surface area (Å²) in [5.74, 6) is 0. The van der Waals surface area contributed by atoms with Crippen molar-refractivity contribution in [3.63, 3.8) is 0 Å². The Morgan fingerprint density at radius 3 is 1.43 bits per heavy atom. The summed E-state index contributed by atoms with van der Waals surface area (Å²) in [4.78, 5) is 0. The van der Waals surface area contributed by atoms with Gasteiger partial charge < -0.3 is 37.2 Å². The molecule has 0 spiro atoms. The van der Waals surface area contributed by atoms with Crippen LogP contribution >= 0.6 is 0 Å². The second kappa shape index (κ2) is 13.6. The first-order chi connectivity index (χ1) is 11.3. The fourth-order valence-electron chi connectivity index (χ4n) is 4.89. The number of halogens is 3. The van der Waals surface area contributed by atoms with E-state index in [0.717, 1.165) is 11.1 Å². The molecule has 2 rings (SSSR count). The van der Waals surface area contributed by atoms with Gasteiger partial charge in [-0.15, -0.1) is 5.19 Å². The van der Waals surface area contributed by atoms with Gasteiger partial charge in [0.1, 0.15) is 0 Å². The Bertz CT molecular complexity index is 662. The molecule has 0 aromatic heterocycles. The second-order valence-corrected chi connectivity index (χ2v) is 12.5. The zero-order valence-corrected chi connectivity index (χ0v) is 23.4. The van der Waals surface area contributed by atoms with Crippen LogP contribution in [0.1, 0.15) is 62.8 Å². The van der Waals surface area contributed by atoms with Crippen molar-refractivity contribution >= 4 is 18.4 Å². The van der Waals surface area contributed by atoms with E-state index in [1.165, 1.54) is 24.0 Å². The smallest absolute Gasteiger partial charge is 1.00 e. The van der Waals surface area contributed by atoms with E-state index in [0.29, 0.717) is 0 Å². The average molecular weight is 494 g/mol. The van der Waals surface area contributed by atoms with Crippen LogP contribution < -0.4 is 47.6 Å². The molecule has 0 saturated carbocycles. The van der Waals surface area contributed by atoms with Crippen LogP contribution in [-0.2, 0) is 21.7 Å². The van der Waals surface area contributed by atoms with E-state index in [9.17, 15) is 0 Å². The van der Waals surface area contributed by atoms with Crippen molar-refractivity contribution in [2.45, 2.75) is 79.3 Å². The fraction of sp³-hybridized carbons (Fsp3) is 0.522. The van der Waals surface area contributed by atoms with E-state index in [1.54, 1.807) is 21.5 Å². The van der Waals surface area contributed by atoms with Gasteiger partial charge in [0.15, 0.2) is 0 Å². The molecule has 0 bridgehead atoms. The molecule has 2 aromatic carbocycles. The van der Waals surface area contributed by atoms with E-state index in [1.807, 2.05) is 0 Å². The Balaban J connectivity index is -0.00000156. The van der Waals surface area contributed by atoms with Crippen LogP contribution in [0.3, 0.4) is 0 Å². The van der Waals surface area contributed by atoms with Crippen molar-refractivity contribution in [1.82, 2.24) is 0 Å². The Morgan fingerprint density at radius 1 is 0.750 bits per heavy atom. The molecule has 0 aliphatic carbocycles. The third kappa shape index (κ3) is 5.34. The Labute approximate surface area is 208 Å². The van der Waals surface area contributed by atoms with Gasteiger partial charge in [-0.3, -0.25) is 0 Å². The molecule has 2 aromatic rings. The zero-order chi connectivity index (χ0) is 18.1. The molecule has 5 heteroatoms. The predicted octanol–water partition coefficient (Wildman–Crippen LogP) is -3.19. The van der Waals surface area contributed by atoms with Gasteiger partial charge in [-0.1, -0.05) is 104 Å². The van der Waals surface area contributed by atoms with Crippen LogP contribution in [0.2, 0.25) is 11.1 Å². The molecule has 156 valence electrons. The van der Waals surface area contributed by atoms with Crippen LogP contribution in [0.15, 0.2) is 30.3 Å². The van der Waals surface area contributed by atoms with Crippen molar-refractivity contribution in [1.29, 1.82) is 0 Å². The Hall–Kier alpha value is 0.371. The summed E-state index contributed by atoms with van der Waals surface area (Å²) in [5.41, 5.74) is 7.66. The van der Waals surface area contributed by atoms with Gasteiger partial charge in [-0.2, -0.15) is 22.3 Å². The Morgan fingerprint density at radius 2 is 1.11 bits per heavy atom. The molecular weight excluding hydrogens is 459 g/mol. The van der Waals surface area contributed by atoms with Crippen LogP contribution in [0.4, 0.5) is 0 Å². The summed E-state index contributed by atoms with van der Waals surface area (Å²) in [5, 5.41) is 3.37. The molecule has 0 heterocycles. The number of hydrogen-bond acceptors (Lipinski definition) is 0. The maximum absolute atomic E-state index is 2.52. The van der Waals surface area contributed by atoms with Gasteiger partial charge in [-0.25, -0.2) is 0 Å². The van der Waals surface area contributed by atoms with Gasteiger partial charge in [-0.05, 0) is 11.1 Å². The first-order valence-corrected chi connectivity index (χ1v) is 11.8. The van der Waals surface area contributed by atoms with Crippen molar-refractivity contribution in [2.24, 2.45) is 0 Å². The molecule has 0 N–H and O–H groups in total. The van der Waals surface area contributed by atoms with Gasteiger partial charge in [0.2, 0.25) is 0 Å². The first kappa shape index (κ1) is 33.0. The summed E-state index contributed by atoms with van der Waals surface area (Å²) in [6, 6.07) is 11.5. The standard InChI is InChI=1S/C23H35Si.3ClH.Ti/c1-9-16(3)24(17(4)10-2,22-14-12-11-13-15-22)23-20(7)18(5)19(6)21(23)8;;;;/h11-17H,9-10H2,1-8H3;3*1H;/q-1;;;;+4/p-3. The summed E-state index contributed by atoms with van der Waals surface area (Å²) < 4.78 is 0. The molecule has 28 heavy (non-hydrogen) atoms. The molecular formula is C23H35Cl3SiTi. The largest absolute Gasteiger partial charge is 4.00 e. The maximum atomic E-state index is 2.52. The summed E-state index contributed by atoms with van der Waals surface area (Å²) in [6.07, 6.45) is 2.52. The molecule has 0 amide bonds. The van der Waals surface area contributed by atoms with E-state index < -0.39 is 8.07 Å². The summed E-state index contributed by atoms with van der Waals surface area (Å²) in [6.45, 7) is 19.2. The molecule has 0 fully saturated rings. The van der Waals surface area contributed by atoms with Crippen LogP contribution in [0.25, 0.3) is 0 Å². The van der Waals surface area contributed by atoms with Gasteiger partial charge >= 0.3 is 21.7 Å². The van der Waals surface area contributed by atoms with Crippen LogP contribution in [0, 0.1) is 27.7 Å². The molecule has 2 atom stereocenters. The fourth-order valence-corrected chi connectivity index (χ4v) is 11.9. The van der Waals surface area contributed by atoms with E-state index in [4.69, 9.17) is 0 Å². The number of rotatable bonds is 6. The monoisotopic (exact) mass is 492 g/mol. The quantitative estimate of drug-likeness (QED) is 0.294. The van der Waals surface area contributed by atoms with E-state index in [-0.39, 0.29) is 58.9 Å². The number of hydrogen-bond donors (Lipinski definition) is 0. The van der Waals surface area contributed by atoms with Gasteiger partial charge in [0, 0.05) is 0 Å². The first-order valence-electron chi connectivity index (χ1n) is 9.62. The van der Waals surface area contributed by atoms with E-state index in [2.05, 4.69) is 85.7 Å². The molecule has 0 aliphatic rings. The molecule has 2 unspecified atom stereocenters. The van der Waals surface area contributed by atoms with Gasteiger partial charge in [0.05, 0.1) is 8.07 Å². The normalized spacial score (nSPS) is 14.3. The molecule has 0 nitrogen and oxygen atoms in total. The van der Waals surface area contributed by atoms with Crippen molar-refractivity contribution in [3.05, 3.63) is 52.6 Å². The minimum Gasteiger partial charge on any atom is -1.00 e. The minimum atomic E-state index is -1.85. The van der Waals surface area contributed by atoms with Crippen LogP contribution in [-0.4, -0.2) is 8.07 Å². The summed E-state index contributed by atoms with van der Waals surface area (Å²) in [7, 11) is -1.85. The van der Waals surface area contributed by atoms with Crippen molar-refractivity contribution < 1.29 is 58.9 Å². The van der Waals surface area contributed by atoms with Crippen molar-refractivity contribution in [3.8, 4) is 0 Å². The van der Waals surface area contributed by atoms with E-state index >= 15 is 0 Å². The minimum absolute atomic E-state index is 0. The predicted molar refractivity (Wildman–Crippen MR) is 112 cm³/mol. The topological polar surface area (TPSA) is 0 Å². The summed E-state index contributed by atoms with van der Waals surface area (Å²) >= 11 is 0. The van der Waals surface area contributed by atoms with Gasteiger partial charge in [0.25, 0.3) is 0 Å². The SMILES string of the molecule is CCC(C)[Si](c1ccccc1)([c-]1c(C)c(C)c(C)c1C)C(C)CC.[Cl-].[Cl-].[Cl-].[Ti+4].